The summed E-state index contributed by atoms with van der Waals surface area (Å²) < 4.78 is 20.4. The van der Waals surface area contributed by atoms with Crippen LogP contribution in [0, 0.1) is 0 Å². The third kappa shape index (κ3) is 4.70. The van der Waals surface area contributed by atoms with Crippen molar-refractivity contribution in [1.82, 2.24) is 5.32 Å². The van der Waals surface area contributed by atoms with Crippen molar-refractivity contribution in [3.05, 3.63) is 48.0 Å². The minimum Gasteiger partial charge on any atom is -0.496 e. The first-order valence-corrected chi connectivity index (χ1v) is 8.33. The van der Waals surface area contributed by atoms with Gasteiger partial charge in [0.15, 0.2) is 18.1 Å². The predicted octanol–water partition coefficient (Wildman–Crippen LogP) is 1.34. The second-order valence-electron chi connectivity index (χ2n) is 5.66. The molecule has 0 saturated carbocycles. The van der Waals surface area contributed by atoms with Crippen LogP contribution in [-0.4, -0.2) is 44.8 Å². The van der Waals surface area contributed by atoms with E-state index in [-0.39, 0.29) is 13.3 Å². The number of benzene rings is 2. The molecule has 0 aromatic heterocycles. The van der Waals surface area contributed by atoms with E-state index in [4.69, 9.17) is 18.9 Å². The van der Waals surface area contributed by atoms with Crippen LogP contribution in [0.15, 0.2) is 42.5 Å². The molecule has 0 atom stereocenters. The number of methoxy groups -OCH3 is 1. The Morgan fingerprint density at radius 3 is 2.68 bits per heavy atom. The van der Waals surface area contributed by atoms with Gasteiger partial charge in [0.05, 0.1) is 12.7 Å². The lowest BCUT2D eigenvalue weighted by atomic mass is 10.2. The molecule has 2 N–H and O–H groups in total. The molecule has 0 radical (unpaired) electrons. The van der Waals surface area contributed by atoms with E-state index in [1.54, 1.807) is 42.5 Å². The van der Waals surface area contributed by atoms with Crippen LogP contribution in [0.1, 0.15) is 10.4 Å². The first-order chi connectivity index (χ1) is 13.6. The Morgan fingerprint density at radius 1 is 1.07 bits per heavy atom. The van der Waals surface area contributed by atoms with Crippen molar-refractivity contribution in [2.24, 2.45) is 0 Å². The van der Waals surface area contributed by atoms with Gasteiger partial charge in [-0.1, -0.05) is 12.1 Å². The molecule has 0 bridgehead atoms. The number of carbonyl (C=O) groups is 3. The van der Waals surface area contributed by atoms with Gasteiger partial charge < -0.3 is 29.6 Å². The number of hydrogen-bond acceptors (Lipinski definition) is 7. The molecule has 1 aliphatic rings. The molecule has 2 amide bonds. The number of amides is 2. The highest BCUT2D eigenvalue weighted by Gasteiger charge is 2.16. The zero-order valence-electron chi connectivity index (χ0n) is 15.0. The van der Waals surface area contributed by atoms with Crippen LogP contribution in [0.3, 0.4) is 0 Å². The fourth-order valence-electron chi connectivity index (χ4n) is 2.45. The summed E-state index contributed by atoms with van der Waals surface area (Å²) in [5.74, 6) is -0.257. The minimum absolute atomic E-state index is 0.130. The molecule has 1 aliphatic heterocycles. The molecule has 9 heteroatoms. The van der Waals surface area contributed by atoms with Gasteiger partial charge in [0.25, 0.3) is 11.8 Å². The number of ether oxygens (including phenoxy) is 4. The maximum Gasteiger partial charge on any atom is 0.325 e. The molecule has 2 aromatic carbocycles. The standard InChI is InChI=1S/C19H18N2O7/c1-25-14-5-3-2-4-13(14)19(24)20-9-18(23)26-10-17(22)21-12-6-7-15-16(8-12)28-11-27-15/h2-8H,9-11H2,1H3,(H,20,24)(H,21,22). The number of rotatable bonds is 7. The summed E-state index contributed by atoms with van der Waals surface area (Å²) in [4.78, 5) is 35.8. The van der Waals surface area contributed by atoms with Gasteiger partial charge in [-0.2, -0.15) is 0 Å². The predicted molar refractivity (Wildman–Crippen MR) is 97.5 cm³/mol. The van der Waals surface area contributed by atoms with Gasteiger partial charge in [-0.15, -0.1) is 0 Å². The number of nitrogens with one attached hydrogen (secondary N) is 2. The molecule has 2 aromatic rings. The average Bonchev–Trinajstić information content (AvgIpc) is 3.18. The summed E-state index contributed by atoms with van der Waals surface area (Å²) in [7, 11) is 1.44. The molecule has 3 rings (SSSR count). The minimum atomic E-state index is -0.746. The van der Waals surface area contributed by atoms with Crippen LogP contribution in [0.5, 0.6) is 17.2 Å². The highest BCUT2D eigenvalue weighted by Crippen LogP contribution is 2.34. The van der Waals surface area contributed by atoms with Crippen molar-refractivity contribution < 1.29 is 33.3 Å². The van der Waals surface area contributed by atoms with Crippen molar-refractivity contribution in [2.75, 3.05) is 32.4 Å². The molecular weight excluding hydrogens is 368 g/mol. The number of para-hydroxylation sites is 1. The molecule has 9 nitrogen and oxygen atoms in total. The van der Waals surface area contributed by atoms with Gasteiger partial charge in [0, 0.05) is 11.8 Å². The monoisotopic (exact) mass is 386 g/mol. The number of esters is 1. The van der Waals surface area contributed by atoms with E-state index in [9.17, 15) is 14.4 Å². The van der Waals surface area contributed by atoms with Crippen molar-refractivity contribution in [3.8, 4) is 17.2 Å². The molecule has 28 heavy (non-hydrogen) atoms. The van der Waals surface area contributed by atoms with E-state index in [1.807, 2.05) is 0 Å². The van der Waals surface area contributed by atoms with Crippen LogP contribution >= 0.6 is 0 Å². The van der Waals surface area contributed by atoms with Gasteiger partial charge in [-0.3, -0.25) is 14.4 Å². The van der Waals surface area contributed by atoms with Crippen molar-refractivity contribution in [2.45, 2.75) is 0 Å². The number of anilines is 1. The molecule has 0 fully saturated rings. The maximum atomic E-state index is 12.1. The Balaban J connectivity index is 1.42. The number of carbonyl (C=O) groups excluding carboxylic acids is 3. The van der Waals surface area contributed by atoms with Gasteiger partial charge in [-0.25, -0.2) is 0 Å². The first kappa shape index (κ1) is 19.0. The number of hydrogen-bond donors (Lipinski definition) is 2. The lowest BCUT2D eigenvalue weighted by Gasteiger charge is -2.09. The quantitative estimate of drug-likeness (QED) is 0.691. The Morgan fingerprint density at radius 2 is 1.86 bits per heavy atom. The topological polar surface area (TPSA) is 112 Å². The van der Waals surface area contributed by atoms with Gasteiger partial charge >= 0.3 is 5.97 Å². The van der Waals surface area contributed by atoms with Crippen LogP contribution in [0.2, 0.25) is 0 Å². The summed E-state index contributed by atoms with van der Waals surface area (Å²) in [5.41, 5.74) is 0.771. The Labute approximate surface area is 160 Å². The molecule has 0 unspecified atom stereocenters. The summed E-state index contributed by atoms with van der Waals surface area (Å²) >= 11 is 0. The van der Waals surface area contributed by atoms with E-state index in [0.29, 0.717) is 28.5 Å². The number of fused-ring (bicyclic) bond motifs is 1. The average molecular weight is 386 g/mol. The van der Waals surface area contributed by atoms with E-state index in [1.165, 1.54) is 7.11 Å². The largest absolute Gasteiger partial charge is 0.496 e. The lowest BCUT2D eigenvalue weighted by Crippen LogP contribution is -2.32. The fourth-order valence-corrected chi connectivity index (χ4v) is 2.45. The Kier molecular flexibility index (Phi) is 5.95. The lowest BCUT2D eigenvalue weighted by molar-refractivity contribution is -0.146. The Bertz CT molecular complexity index is 898. The third-order valence-electron chi connectivity index (χ3n) is 3.77. The SMILES string of the molecule is COc1ccccc1C(=O)NCC(=O)OCC(=O)Nc1ccc2c(c1)OCO2. The molecule has 146 valence electrons. The fraction of sp³-hybridized carbons (Fsp3) is 0.211. The van der Waals surface area contributed by atoms with Crippen LogP contribution in [-0.2, 0) is 14.3 Å². The van der Waals surface area contributed by atoms with Crippen LogP contribution < -0.4 is 24.8 Å². The molecule has 0 spiro atoms. The maximum absolute atomic E-state index is 12.1. The smallest absolute Gasteiger partial charge is 0.325 e. The van der Waals surface area contributed by atoms with Crippen molar-refractivity contribution in [1.29, 1.82) is 0 Å². The highest BCUT2D eigenvalue weighted by atomic mass is 16.7. The van der Waals surface area contributed by atoms with Gasteiger partial charge in [0.1, 0.15) is 12.3 Å². The molecular formula is C19H18N2O7. The second kappa shape index (κ2) is 8.76. The Hall–Kier alpha value is -3.75. The summed E-state index contributed by atoms with van der Waals surface area (Å²) in [6.45, 7) is -0.739. The van der Waals surface area contributed by atoms with E-state index in [0.717, 1.165) is 0 Å². The first-order valence-electron chi connectivity index (χ1n) is 8.33. The molecule has 0 aliphatic carbocycles. The van der Waals surface area contributed by atoms with Gasteiger partial charge in [-0.05, 0) is 24.3 Å². The summed E-state index contributed by atoms with van der Waals surface area (Å²) in [6, 6.07) is 11.5. The normalized spacial score (nSPS) is 11.5. The van der Waals surface area contributed by atoms with Gasteiger partial charge in [0.2, 0.25) is 6.79 Å². The van der Waals surface area contributed by atoms with Crippen LogP contribution in [0.25, 0.3) is 0 Å². The van der Waals surface area contributed by atoms with Crippen molar-refractivity contribution >= 4 is 23.5 Å². The summed E-state index contributed by atoms with van der Waals surface area (Å²) in [6.07, 6.45) is 0. The molecule has 0 saturated heterocycles. The van der Waals surface area contributed by atoms with E-state index >= 15 is 0 Å². The highest BCUT2D eigenvalue weighted by molar-refractivity contribution is 5.98. The van der Waals surface area contributed by atoms with Crippen LogP contribution in [0.4, 0.5) is 5.69 Å². The van der Waals surface area contributed by atoms with E-state index < -0.39 is 24.4 Å². The third-order valence-corrected chi connectivity index (χ3v) is 3.77. The zero-order valence-corrected chi connectivity index (χ0v) is 15.0. The molecule has 1 heterocycles. The summed E-state index contributed by atoms with van der Waals surface area (Å²) in [5, 5.41) is 5.00. The van der Waals surface area contributed by atoms with E-state index in [2.05, 4.69) is 10.6 Å². The van der Waals surface area contributed by atoms with Crippen molar-refractivity contribution in [3.63, 3.8) is 0 Å². The zero-order chi connectivity index (χ0) is 19.9. The second-order valence-corrected chi connectivity index (χ2v) is 5.66.